The van der Waals surface area contributed by atoms with E-state index in [1.54, 1.807) is 4.68 Å². The predicted molar refractivity (Wildman–Crippen MR) is 102 cm³/mol. The summed E-state index contributed by atoms with van der Waals surface area (Å²) in [6.45, 7) is 1.38. The topological polar surface area (TPSA) is 47.4 Å². The van der Waals surface area contributed by atoms with E-state index < -0.39 is 0 Å². The fourth-order valence-corrected chi connectivity index (χ4v) is 3.46. The van der Waals surface area contributed by atoms with Gasteiger partial charge in [0.25, 0.3) is 5.91 Å². The summed E-state index contributed by atoms with van der Waals surface area (Å²) in [5, 5.41) is 6.12. The smallest absolute Gasteiger partial charge is 0.253 e. The summed E-state index contributed by atoms with van der Waals surface area (Å²) in [7, 11) is 1.88. The van der Waals surface area contributed by atoms with Gasteiger partial charge in [0.15, 0.2) is 0 Å². The minimum atomic E-state index is 0.0579. The quantitative estimate of drug-likeness (QED) is 0.703. The number of fused-ring (bicyclic) bond motifs is 1. The highest BCUT2D eigenvalue weighted by atomic mass is 35.5. The highest BCUT2D eigenvalue weighted by Crippen LogP contribution is 2.22. The van der Waals surface area contributed by atoms with E-state index in [9.17, 15) is 4.79 Å². The van der Waals surface area contributed by atoms with E-state index in [2.05, 4.69) is 5.10 Å². The summed E-state index contributed by atoms with van der Waals surface area (Å²) < 4.78 is 7.76. The average molecular weight is 370 g/mol. The van der Waals surface area contributed by atoms with E-state index in [-0.39, 0.29) is 12.0 Å². The minimum Gasteiger partial charge on any atom is -0.490 e. The van der Waals surface area contributed by atoms with Gasteiger partial charge in [-0.3, -0.25) is 9.48 Å². The maximum absolute atomic E-state index is 12.8. The van der Waals surface area contributed by atoms with Crippen molar-refractivity contribution < 1.29 is 9.53 Å². The summed E-state index contributed by atoms with van der Waals surface area (Å²) in [6, 6.07) is 13.1. The number of benzene rings is 2. The summed E-state index contributed by atoms with van der Waals surface area (Å²) in [5.41, 5.74) is 1.53. The molecule has 0 atom stereocenters. The Kier molecular flexibility index (Phi) is 4.55. The maximum atomic E-state index is 12.8. The van der Waals surface area contributed by atoms with E-state index in [1.807, 2.05) is 60.6 Å². The van der Waals surface area contributed by atoms with Crippen molar-refractivity contribution in [3.8, 4) is 5.75 Å². The van der Waals surface area contributed by atoms with Gasteiger partial charge >= 0.3 is 0 Å². The number of nitrogens with zero attached hydrogens (tertiary/aromatic N) is 3. The molecule has 26 heavy (non-hydrogen) atoms. The van der Waals surface area contributed by atoms with Crippen LogP contribution in [0, 0.1) is 0 Å². The molecule has 0 saturated carbocycles. The average Bonchev–Trinajstić information content (AvgIpc) is 3.03. The Hall–Kier alpha value is -2.53. The fourth-order valence-electron chi connectivity index (χ4n) is 3.34. The molecule has 1 aliphatic heterocycles. The highest BCUT2D eigenvalue weighted by Gasteiger charge is 2.25. The van der Waals surface area contributed by atoms with Crippen molar-refractivity contribution in [2.75, 3.05) is 13.1 Å². The van der Waals surface area contributed by atoms with Crippen LogP contribution in [-0.2, 0) is 7.05 Å². The second-order valence-corrected chi connectivity index (χ2v) is 7.08. The van der Waals surface area contributed by atoms with Gasteiger partial charge < -0.3 is 9.64 Å². The Morgan fingerprint density at radius 1 is 1.15 bits per heavy atom. The van der Waals surface area contributed by atoms with Crippen molar-refractivity contribution in [3.05, 3.63) is 59.2 Å². The van der Waals surface area contributed by atoms with Crippen molar-refractivity contribution in [2.45, 2.75) is 18.9 Å². The monoisotopic (exact) mass is 369 g/mol. The molecule has 1 fully saturated rings. The molecule has 3 aromatic rings. The Morgan fingerprint density at radius 2 is 1.88 bits per heavy atom. The zero-order chi connectivity index (χ0) is 18.1. The number of aryl methyl sites for hydroxylation is 1. The number of rotatable bonds is 3. The van der Waals surface area contributed by atoms with E-state index in [0.717, 1.165) is 29.5 Å². The molecule has 0 radical (unpaired) electrons. The molecular weight excluding hydrogens is 350 g/mol. The number of likely N-dealkylation sites (tertiary alicyclic amines) is 1. The molecule has 0 N–H and O–H groups in total. The van der Waals surface area contributed by atoms with Crippen molar-refractivity contribution in [1.29, 1.82) is 0 Å². The second-order valence-electron chi connectivity index (χ2n) is 6.64. The number of ether oxygens (including phenoxy) is 1. The van der Waals surface area contributed by atoms with Gasteiger partial charge in [0, 0.05) is 55.1 Å². The first-order valence-electron chi connectivity index (χ1n) is 8.73. The molecule has 0 bridgehead atoms. The number of amides is 1. The van der Waals surface area contributed by atoms with Crippen LogP contribution < -0.4 is 4.74 Å². The Labute approximate surface area is 157 Å². The van der Waals surface area contributed by atoms with Gasteiger partial charge in [0.2, 0.25) is 0 Å². The third kappa shape index (κ3) is 3.53. The first-order chi connectivity index (χ1) is 12.6. The molecule has 6 heteroatoms. The molecule has 0 aliphatic carbocycles. The Bertz CT molecular complexity index is 928. The van der Waals surface area contributed by atoms with Crippen molar-refractivity contribution in [1.82, 2.24) is 14.7 Å². The van der Waals surface area contributed by atoms with Crippen LogP contribution in [0.5, 0.6) is 5.75 Å². The summed E-state index contributed by atoms with van der Waals surface area (Å²) in [4.78, 5) is 14.7. The number of carbonyl (C=O) groups is 1. The standard InChI is InChI=1S/C20H20ClN3O2/c1-23-13-15-3-2-14(12-19(15)22-23)20(25)24-10-8-18(9-11-24)26-17-6-4-16(21)5-7-17/h2-7,12-13,18H,8-11H2,1H3. The highest BCUT2D eigenvalue weighted by molar-refractivity contribution is 6.30. The van der Waals surface area contributed by atoms with Crippen LogP contribution >= 0.6 is 11.6 Å². The van der Waals surface area contributed by atoms with Gasteiger partial charge in [-0.05, 0) is 36.4 Å². The number of piperidine rings is 1. The van der Waals surface area contributed by atoms with Crippen LogP contribution in [-0.4, -0.2) is 39.8 Å². The summed E-state index contributed by atoms with van der Waals surface area (Å²) in [6.07, 6.45) is 3.71. The number of aromatic nitrogens is 2. The van der Waals surface area contributed by atoms with Crippen LogP contribution in [0.4, 0.5) is 0 Å². The number of hydrogen-bond donors (Lipinski definition) is 0. The Balaban J connectivity index is 1.38. The first-order valence-corrected chi connectivity index (χ1v) is 9.11. The molecule has 2 heterocycles. The van der Waals surface area contributed by atoms with E-state index in [4.69, 9.17) is 16.3 Å². The van der Waals surface area contributed by atoms with Crippen molar-refractivity contribution >= 4 is 28.4 Å². The fraction of sp³-hybridized carbons (Fsp3) is 0.300. The number of carbonyl (C=O) groups excluding carboxylic acids is 1. The molecule has 4 rings (SSSR count). The van der Waals surface area contributed by atoms with Crippen LogP contribution in [0.15, 0.2) is 48.7 Å². The lowest BCUT2D eigenvalue weighted by molar-refractivity contribution is 0.0595. The molecule has 5 nitrogen and oxygen atoms in total. The van der Waals surface area contributed by atoms with E-state index in [1.165, 1.54) is 0 Å². The van der Waals surface area contributed by atoms with Gasteiger partial charge in [0.1, 0.15) is 11.9 Å². The first kappa shape index (κ1) is 16.9. The molecule has 1 amide bonds. The molecule has 1 aromatic heterocycles. The zero-order valence-corrected chi connectivity index (χ0v) is 15.3. The number of hydrogen-bond acceptors (Lipinski definition) is 3. The van der Waals surface area contributed by atoms with E-state index >= 15 is 0 Å². The van der Waals surface area contributed by atoms with Crippen LogP contribution in [0.25, 0.3) is 10.9 Å². The maximum Gasteiger partial charge on any atom is 0.253 e. The summed E-state index contributed by atoms with van der Waals surface area (Å²) >= 11 is 5.90. The minimum absolute atomic E-state index is 0.0579. The molecule has 0 spiro atoms. The normalized spacial score (nSPS) is 15.4. The van der Waals surface area contributed by atoms with Crippen LogP contribution in [0.1, 0.15) is 23.2 Å². The molecule has 1 aliphatic rings. The van der Waals surface area contributed by atoms with Crippen molar-refractivity contribution in [3.63, 3.8) is 0 Å². The molecule has 1 saturated heterocycles. The zero-order valence-electron chi connectivity index (χ0n) is 14.6. The lowest BCUT2D eigenvalue weighted by atomic mass is 10.1. The third-order valence-corrected chi connectivity index (χ3v) is 4.97. The van der Waals surface area contributed by atoms with Gasteiger partial charge in [0.05, 0.1) is 5.52 Å². The third-order valence-electron chi connectivity index (χ3n) is 4.71. The Morgan fingerprint density at radius 3 is 2.62 bits per heavy atom. The van der Waals surface area contributed by atoms with Crippen LogP contribution in [0.2, 0.25) is 5.02 Å². The lowest BCUT2D eigenvalue weighted by Gasteiger charge is -2.32. The van der Waals surface area contributed by atoms with Gasteiger partial charge in [-0.2, -0.15) is 5.10 Å². The van der Waals surface area contributed by atoms with Crippen LogP contribution in [0.3, 0.4) is 0 Å². The molecule has 2 aromatic carbocycles. The molecule has 0 unspecified atom stereocenters. The van der Waals surface area contributed by atoms with Gasteiger partial charge in [-0.1, -0.05) is 17.7 Å². The van der Waals surface area contributed by atoms with Crippen molar-refractivity contribution in [2.24, 2.45) is 7.05 Å². The van der Waals surface area contributed by atoms with E-state index in [0.29, 0.717) is 23.7 Å². The number of halogens is 1. The second kappa shape index (κ2) is 7.00. The largest absolute Gasteiger partial charge is 0.490 e. The van der Waals surface area contributed by atoms with Gasteiger partial charge in [-0.15, -0.1) is 0 Å². The lowest BCUT2D eigenvalue weighted by Crippen LogP contribution is -2.41. The molecule has 134 valence electrons. The predicted octanol–water partition coefficient (Wildman–Crippen LogP) is 3.91. The van der Waals surface area contributed by atoms with Gasteiger partial charge in [-0.25, -0.2) is 0 Å². The summed E-state index contributed by atoms with van der Waals surface area (Å²) in [5.74, 6) is 0.877. The SMILES string of the molecule is Cn1cc2ccc(C(=O)N3CCC(Oc4ccc(Cl)cc4)CC3)cc2n1. The molecular formula is C20H20ClN3O2.